The molecule has 0 amide bonds. The van der Waals surface area contributed by atoms with Crippen LogP contribution in [0.5, 0.6) is 0 Å². The molecule has 11 nitrogen and oxygen atoms in total. The van der Waals surface area contributed by atoms with E-state index in [2.05, 4.69) is 15.1 Å². The van der Waals surface area contributed by atoms with Gasteiger partial charge in [-0.2, -0.15) is 5.10 Å². The summed E-state index contributed by atoms with van der Waals surface area (Å²) in [6.45, 7) is 2.02. The normalized spacial score (nSPS) is 10.9. The summed E-state index contributed by atoms with van der Waals surface area (Å²) in [5, 5.41) is 27.0. The highest BCUT2D eigenvalue weighted by molar-refractivity contribution is 5.94. The van der Waals surface area contributed by atoms with Gasteiger partial charge in [0.2, 0.25) is 0 Å². The van der Waals surface area contributed by atoms with Crippen LogP contribution >= 0.6 is 0 Å². The number of nitro benzene ring substituents is 2. The van der Waals surface area contributed by atoms with Gasteiger partial charge in [-0.3, -0.25) is 25.7 Å². The molecule has 0 spiro atoms. The lowest BCUT2D eigenvalue weighted by Gasteiger charge is -2.15. The largest absolute Gasteiger partial charge is 0.462 e. The van der Waals surface area contributed by atoms with Crippen LogP contribution in [-0.2, 0) is 4.74 Å². The van der Waals surface area contributed by atoms with Crippen molar-refractivity contribution in [2.75, 3.05) is 12.0 Å². The molecule has 1 heterocycles. The van der Waals surface area contributed by atoms with Gasteiger partial charge in [0.25, 0.3) is 5.69 Å². The zero-order valence-electron chi connectivity index (χ0n) is 22.9. The number of nitro groups is 2. The van der Waals surface area contributed by atoms with Crippen molar-refractivity contribution in [1.82, 2.24) is 4.57 Å². The average Bonchev–Trinajstić information content (AvgIpc) is 3.41. The van der Waals surface area contributed by atoms with Crippen molar-refractivity contribution in [2.24, 2.45) is 5.10 Å². The van der Waals surface area contributed by atoms with Crippen LogP contribution in [0.2, 0.25) is 0 Å². The number of nitrogens with one attached hydrogen (secondary N) is 1. The molecule has 0 saturated carbocycles. The summed E-state index contributed by atoms with van der Waals surface area (Å²) in [6, 6.07) is 31.7. The fraction of sp³-hybridized carbons (Fsp3) is 0.0625. The van der Waals surface area contributed by atoms with Crippen molar-refractivity contribution in [1.29, 1.82) is 0 Å². The van der Waals surface area contributed by atoms with E-state index < -0.39 is 27.2 Å². The molecular formula is C32H25N5O6. The van der Waals surface area contributed by atoms with E-state index in [1.54, 1.807) is 25.3 Å². The number of benzene rings is 4. The quantitative estimate of drug-likeness (QED) is 0.0800. The van der Waals surface area contributed by atoms with Crippen molar-refractivity contribution in [3.63, 3.8) is 0 Å². The molecule has 0 aliphatic rings. The molecule has 5 aromatic rings. The van der Waals surface area contributed by atoms with Gasteiger partial charge in [-0.15, -0.1) is 0 Å². The molecule has 4 aromatic carbocycles. The van der Waals surface area contributed by atoms with Crippen LogP contribution in [0.3, 0.4) is 0 Å². The summed E-state index contributed by atoms with van der Waals surface area (Å²) in [6.07, 6.45) is 1.55. The monoisotopic (exact) mass is 575 g/mol. The second-order valence-electron chi connectivity index (χ2n) is 9.25. The molecule has 0 aliphatic carbocycles. The lowest BCUT2D eigenvalue weighted by Crippen LogP contribution is -2.05. The summed E-state index contributed by atoms with van der Waals surface area (Å²) in [4.78, 5) is 33.6. The summed E-state index contributed by atoms with van der Waals surface area (Å²) in [5.41, 5.74) is 7.13. The summed E-state index contributed by atoms with van der Waals surface area (Å²) < 4.78 is 7.19. The molecule has 0 bridgehead atoms. The Kier molecular flexibility index (Phi) is 8.33. The number of esters is 1. The molecule has 214 valence electrons. The smallest absolute Gasteiger partial charge is 0.338 e. The summed E-state index contributed by atoms with van der Waals surface area (Å²) in [7, 11) is 0. The number of carbonyl (C=O) groups is 1. The Balaban J connectivity index is 1.64. The van der Waals surface area contributed by atoms with Gasteiger partial charge < -0.3 is 9.30 Å². The highest BCUT2D eigenvalue weighted by atomic mass is 16.6. The number of hydrazone groups is 1. The maximum atomic E-state index is 12.3. The minimum atomic E-state index is -0.704. The first-order chi connectivity index (χ1) is 20.9. The van der Waals surface area contributed by atoms with Crippen molar-refractivity contribution in [3.8, 4) is 28.2 Å². The van der Waals surface area contributed by atoms with Crippen LogP contribution in [0.1, 0.15) is 22.8 Å². The lowest BCUT2D eigenvalue weighted by atomic mass is 10.1. The molecule has 43 heavy (non-hydrogen) atoms. The van der Waals surface area contributed by atoms with Crippen molar-refractivity contribution in [3.05, 3.63) is 141 Å². The van der Waals surface area contributed by atoms with Crippen LogP contribution in [-0.4, -0.2) is 33.2 Å². The Morgan fingerprint density at radius 1 is 0.860 bits per heavy atom. The first kappa shape index (κ1) is 28.4. The number of anilines is 1. The molecule has 5 rings (SSSR count). The number of ether oxygens (including phenoxy) is 1. The number of rotatable bonds is 10. The molecule has 0 atom stereocenters. The number of carbonyl (C=O) groups excluding carboxylic acids is 1. The molecule has 0 fully saturated rings. The molecular weight excluding hydrogens is 550 g/mol. The van der Waals surface area contributed by atoms with Crippen LogP contribution in [0, 0.1) is 20.2 Å². The fourth-order valence-corrected chi connectivity index (χ4v) is 4.62. The summed E-state index contributed by atoms with van der Waals surface area (Å²) >= 11 is 0. The van der Waals surface area contributed by atoms with Gasteiger partial charge in [0.1, 0.15) is 5.69 Å². The Labute approximate surface area is 246 Å². The van der Waals surface area contributed by atoms with Gasteiger partial charge in [0, 0.05) is 17.3 Å². The highest BCUT2D eigenvalue weighted by Crippen LogP contribution is 2.36. The number of aromatic nitrogens is 1. The molecule has 0 unspecified atom stereocenters. The molecule has 0 aliphatic heterocycles. The van der Waals surface area contributed by atoms with Crippen molar-refractivity contribution >= 4 is 29.2 Å². The zero-order chi connectivity index (χ0) is 30.3. The van der Waals surface area contributed by atoms with E-state index in [1.807, 2.05) is 78.9 Å². The third kappa shape index (κ3) is 6.15. The fourth-order valence-electron chi connectivity index (χ4n) is 4.62. The average molecular weight is 576 g/mol. The standard InChI is InChI=1S/C32H25N5O6/c1-2-43-32(38)24-13-15-26(16-14-24)35-29(22-9-5-3-6-10-22)19-25(31(35)23-11-7-4-8-12-23)21-33-34-28-18-17-27(36(39)40)20-30(28)37(41)42/h3-21,34H,2H2,1H3/b33-21-. The third-order valence-electron chi connectivity index (χ3n) is 6.56. The van der Waals surface area contributed by atoms with E-state index in [-0.39, 0.29) is 12.3 Å². The van der Waals surface area contributed by atoms with E-state index >= 15 is 0 Å². The van der Waals surface area contributed by atoms with E-state index in [4.69, 9.17) is 4.74 Å². The van der Waals surface area contributed by atoms with Crippen molar-refractivity contribution < 1.29 is 19.4 Å². The Morgan fingerprint density at radius 2 is 1.51 bits per heavy atom. The Bertz CT molecular complexity index is 1820. The van der Waals surface area contributed by atoms with Gasteiger partial charge in [0.05, 0.1) is 45.7 Å². The molecule has 0 saturated heterocycles. The van der Waals surface area contributed by atoms with E-state index in [0.29, 0.717) is 11.1 Å². The van der Waals surface area contributed by atoms with Crippen LogP contribution in [0.4, 0.5) is 17.1 Å². The van der Waals surface area contributed by atoms with E-state index in [1.165, 1.54) is 12.1 Å². The van der Waals surface area contributed by atoms with Gasteiger partial charge in [-0.05, 0) is 54.4 Å². The van der Waals surface area contributed by atoms with E-state index in [9.17, 15) is 25.0 Å². The van der Waals surface area contributed by atoms with Crippen LogP contribution < -0.4 is 5.43 Å². The molecule has 11 heteroatoms. The minimum Gasteiger partial charge on any atom is -0.462 e. The predicted molar refractivity (Wildman–Crippen MR) is 164 cm³/mol. The van der Waals surface area contributed by atoms with Gasteiger partial charge in [-0.25, -0.2) is 4.79 Å². The zero-order valence-corrected chi connectivity index (χ0v) is 22.9. The maximum Gasteiger partial charge on any atom is 0.338 e. The first-order valence-electron chi connectivity index (χ1n) is 13.2. The van der Waals surface area contributed by atoms with Crippen LogP contribution in [0.15, 0.2) is 114 Å². The van der Waals surface area contributed by atoms with Crippen LogP contribution in [0.25, 0.3) is 28.2 Å². The first-order valence-corrected chi connectivity index (χ1v) is 13.2. The number of nitrogens with zero attached hydrogens (tertiary/aromatic N) is 4. The minimum absolute atomic E-state index is 0.00498. The lowest BCUT2D eigenvalue weighted by molar-refractivity contribution is -0.393. The van der Waals surface area contributed by atoms with Gasteiger partial charge in [0.15, 0.2) is 0 Å². The Hall–Kier alpha value is -6.10. The van der Waals surface area contributed by atoms with Crippen molar-refractivity contribution in [2.45, 2.75) is 6.92 Å². The number of hydrogen-bond donors (Lipinski definition) is 1. The number of non-ortho nitro benzene ring substituents is 1. The Morgan fingerprint density at radius 3 is 2.12 bits per heavy atom. The second-order valence-corrected chi connectivity index (χ2v) is 9.25. The third-order valence-corrected chi connectivity index (χ3v) is 6.56. The topological polar surface area (TPSA) is 142 Å². The number of hydrogen-bond acceptors (Lipinski definition) is 8. The molecule has 0 radical (unpaired) electrons. The SMILES string of the molecule is CCOC(=O)c1ccc(-n2c(-c3ccccc3)cc(/C=N\Nc3ccc([N+](=O)[O-])cc3[N+](=O)[O-])c2-c2ccccc2)cc1. The predicted octanol–water partition coefficient (Wildman–Crippen LogP) is 7.25. The molecule has 1 aromatic heterocycles. The van der Waals surface area contributed by atoms with E-state index in [0.717, 1.165) is 34.3 Å². The molecule has 1 N–H and O–H groups in total. The highest BCUT2D eigenvalue weighted by Gasteiger charge is 2.21. The van der Waals surface area contributed by atoms with Gasteiger partial charge >= 0.3 is 11.7 Å². The maximum absolute atomic E-state index is 12.3. The summed E-state index contributed by atoms with van der Waals surface area (Å²) in [5.74, 6) is -0.410. The second kappa shape index (κ2) is 12.6. The van der Waals surface area contributed by atoms with Gasteiger partial charge in [-0.1, -0.05) is 60.7 Å².